The van der Waals surface area contributed by atoms with Crippen molar-refractivity contribution < 1.29 is 14.3 Å². The number of hydrogen-bond acceptors (Lipinski definition) is 5. The van der Waals surface area contributed by atoms with Gasteiger partial charge in [0.2, 0.25) is 0 Å². The predicted octanol–water partition coefficient (Wildman–Crippen LogP) is 6.39. The molecular weight excluding hydrogens is 414 g/mol. The van der Waals surface area contributed by atoms with Crippen LogP contribution in [0.1, 0.15) is 30.5 Å². The van der Waals surface area contributed by atoms with E-state index in [1.165, 1.54) is 11.1 Å². The van der Waals surface area contributed by atoms with E-state index in [-0.39, 0.29) is 12.6 Å². The molecule has 2 N–H and O–H groups in total. The Bertz CT molecular complexity index is 1310. The predicted molar refractivity (Wildman–Crippen MR) is 133 cm³/mol. The van der Waals surface area contributed by atoms with Gasteiger partial charge in [0, 0.05) is 28.6 Å². The molecule has 33 heavy (non-hydrogen) atoms. The summed E-state index contributed by atoms with van der Waals surface area (Å²) in [5.74, 6) is 0.773. The van der Waals surface area contributed by atoms with Crippen molar-refractivity contribution in [3.05, 3.63) is 71.3 Å². The molecule has 0 aliphatic rings. The van der Waals surface area contributed by atoms with Crippen LogP contribution in [0.2, 0.25) is 0 Å². The number of methoxy groups -OCH3 is 1. The number of hydrogen-bond donors (Lipinski definition) is 2. The zero-order valence-corrected chi connectivity index (χ0v) is 19.7. The fourth-order valence-corrected chi connectivity index (χ4v) is 3.70. The minimum absolute atomic E-state index is 0.0430. The Labute approximate surface area is 193 Å². The molecule has 4 aromatic rings. The first-order chi connectivity index (χ1) is 15.8. The molecule has 0 atom stereocenters. The molecule has 4 rings (SSSR count). The number of pyridine rings is 1. The zero-order chi connectivity index (χ0) is 23.5. The Balaban J connectivity index is 1.67. The summed E-state index contributed by atoms with van der Waals surface area (Å²) in [7, 11) is 1.66. The third-order valence-corrected chi connectivity index (χ3v) is 5.60. The van der Waals surface area contributed by atoms with E-state index in [1.54, 1.807) is 7.11 Å². The summed E-state index contributed by atoms with van der Waals surface area (Å²) in [6.45, 7) is 8.22. The highest BCUT2D eigenvalue weighted by atomic mass is 16.5. The summed E-state index contributed by atoms with van der Waals surface area (Å²) in [6.07, 6.45) is -0.414. The van der Waals surface area contributed by atoms with Gasteiger partial charge in [-0.05, 0) is 80.8 Å². The number of alkyl carbamates (subject to hydrolysis) is 1. The van der Waals surface area contributed by atoms with E-state index in [0.717, 1.165) is 44.5 Å². The number of nitrogens with one attached hydrogen (secondary N) is 2. The molecule has 0 fully saturated rings. The maximum Gasteiger partial charge on any atom is 0.407 e. The minimum atomic E-state index is -0.414. The molecule has 1 aromatic heterocycles. The molecule has 6 heteroatoms. The van der Waals surface area contributed by atoms with Crippen LogP contribution in [0.25, 0.3) is 21.8 Å². The summed E-state index contributed by atoms with van der Waals surface area (Å²) >= 11 is 0. The lowest BCUT2D eigenvalue weighted by molar-refractivity contribution is 0.137. The van der Waals surface area contributed by atoms with Gasteiger partial charge in [-0.1, -0.05) is 12.1 Å². The number of rotatable bonds is 6. The molecule has 1 amide bonds. The van der Waals surface area contributed by atoms with Crippen LogP contribution in [0.15, 0.2) is 54.6 Å². The van der Waals surface area contributed by atoms with Gasteiger partial charge in [-0.25, -0.2) is 9.78 Å². The Hall–Kier alpha value is -3.80. The highest BCUT2D eigenvalue weighted by molar-refractivity contribution is 6.09. The van der Waals surface area contributed by atoms with Gasteiger partial charge in [0.1, 0.15) is 12.4 Å². The third kappa shape index (κ3) is 5.00. The molecule has 1 heterocycles. The first-order valence-corrected chi connectivity index (χ1v) is 11.0. The van der Waals surface area contributed by atoms with Gasteiger partial charge in [-0.15, -0.1) is 0 Å². The largest absolute Gasteiger partial charge is 0.497 e. The van der Waals surface area contributed by atoms with E-state index in [1.807, 2.05) is 56.3 Å². The van der Waals surface area contributed by atoms with Crippen LogP contribution >= 0.6 is 0 Å². The van der Waals surface area contributed by atoms with Crippen LogP contribution in [0, 0.1) is 13.8 Å². The van der Waals surface area contributed by atoms with Gasteiger partial charge < -0.3 is 20.1 Å². The summed E-state index contributed by atoms with van der Waals surface area (Å²) in [6, 6.07) is 18.2. The summed E-state index contributed by atoms with van der Waals surface area (Å²) in [5.41, 5.74) is 7.08. The van der Waals surface area contributed by atoms with Gasteiger partial charge in [0.05, 0.1) is 23.8 Å². The summed E-state index contributed by atoms with van der Waals surface area (Å²) < 4.78 is 10.7. The lowest BCUT2D eigenvalue weighted by Gasteiger charge is -2.16. The number of nitrogens with zero attached hydrogens (tertiary/aromatic N) is 1. The van der Waals surface area contributed by atoms with Gasteiger partial charge >= 0.3 is 6.09 Å². The van der Waals surface area contributed by atoms with E-state index >= 15 is 0 Å². The van der Waals surface area contributed by atoms with E-state index in [9.17, 15) is 4.79 Å². The van der Waals surface area contributed by atoms with Crippen LogP contribution in [0.3, 0.4) is 0 Å². The molecule has 0 aliphatic carbocycles. The van der Waals surface area contributed by atoms with Crippen molar-refractivity contribution in [1.82, 2.24) is 10.3 Å². The second kappa shape index (κ2) is 9.36. The number of ether oxygens (including phenoxy) is 2. The molecule has 3 aromatic carbocycles. The molecule has 0 saturated carbocycles. The fourth-order valence-electron chi connectivity index (χ4n) is 3.70. The van der Waals surface area contributed by atoms with E-state index < -0.39 is 6.09 Å². The van der Waals surface area contributed by atoms with Crippen LogP contribution < -0.4 is 15.4 Å². The quantitative estimate of drug-likeness (QED) is 0.338. The van der Waals surface area contributed by atoms with Gasteiger partial charge in [0.25, 0.3) is 0 Å². The Morgan fingerprint density at radius 3 is 2.33 bits per heavy atom. The number of fused-ring (bicyclic) bond motifs is 2. The molecule has 0 radical (unpaired) electrons. The second-order valence-electron chi connectivity index (χ2n) is 8.52. The first-order valence-electron chi connectivity index (χ1n) is 11.0. The third-order valence-electron chi connectivity index (χ3n) is 5.60. The number of carbonyl (C=O) groups is 1. The average molecular weight is 444 g/mol. The molecule has 6 nitrogen and oxygen atoms in total. The lowest BCUT2D eigenvalue weighted by Crippen LogP contribution is -2.30. The highest BCUT2D eigenvalue weighted by Gasteiger charge is 2.12. The molecule has 170 valence electrons. The Morgan fingerprint density at radius 2 is 1.64 bits per heavy atom. The van der Waals surface area contributed by atoms with Crippen LogP contribution in [-0.4, -0.2) is 24.2 Å². The van der Waals surface area contributed by atoms with Crippen molar-refractivity contribution in [1.29, 1.82) is 0 Å². The maximum absolute atomic E-state index is 11.7. The standard InChI is InChI=1S/C27H29N3O3/c1-16(2)28-27(31)33-15-19-6-8-20(9-7-19)29-26-22-11-10-21(32-5)14-25(22)30-24-13-18(4)17(3)12-23(24)26/h6-14,16H,15H2,1-5H3,(H,28,31)(H,29,30). The van der Waals surface area contributed by atoms with Crippen molar-refractivity contribution in [3.8, 4) is 5.75 Å². The monoisotopic (exact) mass is 443 g/mol. The Morgan fingerprint density at radius 1 is 0.939 bits per heavy atom. The number of aryl methyl sites for hydroxylation is 2. The van der Waals surface area contributed by atoms with E-state index in [2.05, 4.69) is 36.6 Å². The highest BCUT2D eigenvalue weighted by Crippen LogP contribution is 2.36. The van der Waals surface area contributed by atoms with Gasteiger partial charge in [0.15, 0.2) is 0 Å². The van der Waals surface area contributed by atoms with Gasteiger partial charge in [-0.2, -0.15) is 0 Å². The van der Waals surface area contributed by atoms with Crippen molar-refractivity contribution in [2.45, 2.75) is 40.3 Å². The number of benzene rings is 3. The molecule has 0 spiro atoms. The number of anilines is 2. The molecule has 0 saturated heterocycles. The smallest absolute Gasteiger partial charge is 0.407 e. The number of carbonyl (C=O) groups excluding carboxylic acids is 1. The molecule has 0 aliphatic heterocycles. The minimum Gasteiger partial charge on any atom is -0.497 e. The van der Waals surface area contributed by atoms with Crippen molar-refractivity contribution in [3.63, 3.8) is 0 Å². The normalized spacial score (nSPS) is 11.1. The SMILES string of the molecule is COc1ccc2c(Nc3ccc(COC(=O)NC(C)C)cc3)c3cc(C)c(C)cc3nc2c1. The average Bonchev–Trinajstić information content (AvgIpc) is 2.79. The van der Waals surface area contributed by atoms with Crippen molar-refractivity contribution in [2.75, 3.05) is 12.4 Å². The fraction of sp³-hybridized carbons (Fsp3) is 0.259. The van der Waals surface area contributed by atoms with Crippen LogP contribution in [0.4, 0.5) is 16.2 Å². The Kier molecular flexibility index (Phi) is 6.36. The van der Waals surface area contributed by atoms with Crippen molar-refractivity contribution in [2.24, 2.45) is 0 Å². The summed E-state index contributed by atoms with van der Waals surface area (Å²) in [5, 5.41) is 8.39. The zero-order valence-electron chi connectivity index (χ0n) is 19.7. The maximum atomic E-state index is 11.7. The lowest BCUT2D eigenvalue weighted by atomic mass is 10.0. The van der Waals surface area contributed by atoms with E-state index in [0.29, 0.717) is 0 Å². The number of aromatic nitrogens is 1. The molecule has 0 bridgehead atoms. The van der Waals surface area contributed by atoms with Crippen LogP contribution in [0.5, 0.6) is 5.75 Å². The van der Waals surface area contributed by atoms with Crippen molar-refractivity contribution >= 4 is 39.3 Å². The second-order valence-corrected chi connectivity index (χ2v) is 8.52. The topological polar surface area (TPSA) is 72.5 Å². The first kappa shape index (κ1) is 22.4. The van der Waals surface area contributed by atoms with Gasteiger partial charge in [-0.3, -0.25) is 0 Å². The number of amides is 1. The molecule has 0 unspecified atom stereocenters. The van der Waals surface area contributed by atoms with E-state index in [4.69, 9.17) is 14.5 Å². The van der Waals surface area contributed by atoms with Crippen LogP contribution in [-0.2, 0) is 11.3 Å². The molecular formula is C27H29N3O3. The summed E-state index contributed by atoms with van der Waals surface area (Å²) in [4.78, 5) is 16.6.